The lowest BCUT2D eigenvalue weighted by Gasteiger charge is -2.02. The molecular weight excluding hydrogens is 276 g/mol. The average molecular weight is 288 g/mol. The zero-order valence-corrected chi connectivity index (χ0v) is 11.3. The summed E-state index contributed by atoms with van der Waals surface area (Å²) in [7, 11) is 0. The summed E-state index contributed by atoms with van der Waals surface area (Å²) in [5, 5.41) is 11.0. The molecule has 0 atom stereocenters. The third-order valence-corrected chi connectivity index (χ3v) is 4.12. The first kappa shape index (κ1) is 12.7. The number of hydrogen-bond donors (Lipinski definition) is 2. The van der Waals surface area contributed by atoms with E-state index in [1.54, 1.807) is 22.0 Å². The second-order valence-electron chi connectivity index (χ2n) is 4.45. The van der Waals surface area contributed by atoms with Gasteiger partial charge in [0.05, 0.1) is 16.6 Å². The Hall–Kier alpha value is -2.34. The Labute approximate surface area is 118 Å². The number of aromatic nitrogens is 2. The highest BCUT2D eigenvalue weighted by Gasteiger charge is 2.10. The van der Waals surface area contributed by atoms with Crippen molar-refractivity contribution in [2.24, 2.45) is 0 Å². The number of carbonyl (C=O) groups is 1. The quantitative estimate of drug-likeness (QED) is 0.773. The minimum atomic E-state index is -1.00. The van der Waals surface area contributed by atoms with Gasteiger partial charge in [0.25, 0.3) is 0 Å². The Kier molecular flexibility index (Phi) is 3.15. The average Bonchev–Trinajstić information content (AvgIpc) is 3.02. The SMILES string of the molecule is O=C(O)c1ccc2c(c1)[nH]c(=O)n2CCc1cccs1. The Balaban J connectivity index is 1.96. The molecule has 0 bridgehead atoms. The number of H-pyrrole nitrogens is 1. The van der Waals surface area contributed by atoms with E-state index in [9.17, 15) is 9.59 Å². The van der Waals surface area contributed by atoms with Crippen molar-refractivity contribution >= 4 is 28.3 Å². The van der Waals surface area contributed by atoms with Crippen LogP contribution >= 0.6 is 11.3 Å². The molecule has 0 spiro atoms. The highest BCUT2D eigenvalue weighted by molar-refractivity contribution is 7.09. The summed E-state index contributed by atoms with van der Waals surface area (Å²) in [5.74, 6) is -1.00. The zero-order chi connectivity index (χ0) is 14.1. The van der Waals surface area contributed by atoms with Gasteiger partial charge >= 0.3 is 11.7 Å². The number of hydrogen-bond acceptors (Lipinski definition) is 3. The smallest absolute Gasteiger partial charge is 0.335 e. The third-order valence-electron chi connectivity index (χ3n) is 3.18. The van der Waals surface area contributed by atoms with E-state index in [0.29, 0.717) is 12.1 Å². The van der Waals surface area contributed by atoms with E-state index in [-0.39, 0.29) is 11.3 Å². The number of aryl methyl sites for hydroxylation is 2. The fourth-order valence-corrected chi connectivity index (χ4v) is 2.89. The van der Waals surface area contributed by atoms with Crippen molar-refractivity contribution in [2.45, 2.75) is 13.0 Å². The minimum absolute atomic E-state index is 0.171. The lowest BCUT2D eigenvalue weighted by atomic mass is 10.2. The van der Waals surface area contributed by atoms with Crippen LogP contribution in [0.1, 0.15) is 15.2 Å². The number of aromatic amines is 1. The van der Waals surface area contributed by atoms with E-state index >= 15 is 0 Å². The van der Waals surface area contributed by atoms with Crippen LogP contribution in [0.3, 0.4) is 0 Å². The molecule has 2 aromatic heterocycles. The van der Waals surface area contributed by atoms with Gasteiger partial charge in [-0.3, -0.25) is 4.57 Å². The summed E-state index contributed by atoms with van der Waals surface area (Å²) >= 11 is 1.66. The molecule has 20 heavy (non-hydrogen) atoms. The Morgan fingerprint density at radius 2 is 2.20 bits per heavy atom. The number of rotatable bonds is 4. The molecule has 3 aromatic rings. The molecule has 0 saturated carbocycles. The second kappa shape index (κ2) is 4.97. The number of imidazole rings is 1. The fraction of sp³-hybridized carbons (Fsp3) is 0.143. The molecule has 0 fully saturated rings. The van der Waals surface area contributed by atoms with Crippen LogP contribution in [0, 0.1) is 0 Å². The van der Waals surface area contributed by atoms with Crippen LogP contribution in [-0.4, -0.2) is 20.6 Å². The summed E-state index contributed by atoms with van der Waals surface area (Å²) in [6.07, 6.45) is 0.783. The van der Waals surface area contributed by atoms with Gasteiger partial charge in [-0.15, -0.1) is 11.3 Å². The van der Waals surface area contributed by atoms with Crippen LogP contribution in [0.5, 0.6) is 0 Å². The normalized spacial score (nSPS) is 11.0. The molecule has 102 valence electrons. The number of thiophene rings is 1. The molecule has 0 radical (unpaired) electrons. The molecule has 0 unspecified atom stereocenters. The first-order valence-corrected chi connectivity index (χ1v) is 7.01. The van der Waals surface area contributed by atoms with Crippen LogP contribution in [0.15, 0.2) is 40.5 Å². The highest BCUT2D eigenvalue weighted by atomic mass is 32.1. The van der Waals surface area contributed by atoms with Gasteiger partial charge < -0.3 is 10.1 Å². The third kappa shape index (κ3) is 2.25. The maximum Gasteiger partial charge on any atom is 0.335 e. The lowest BCUT2D eigenvalue weighted by Crippen LogP contribution is -2.17. The fourth-order valence-electron chi connectivity index (χ4n) is 2.20. The lowest BCUT2D eigenvalue weighted by molar-refractivity contribution is 0.0697. The molecule has 0 saturated heterocycles. The van der Waals surface area contributed by atoms with Crippen molar-refractivity contribution < 1.29 is 9.90 Å². The molecule has 0 aliphatic heterocycles. The number of aromatic carboxylic acids is 1. The Morgan fingerprint density at radius 3 is 2.90 bits per heavy atom. The van der Waals surface area contributed by atoms with Crippen molar-refractivity contribution in [3.63, 3.8) is 0 Å². The molecule has 3 rings (SSSR count). The molecular formula is C14H12N2O3S. The van der Waals surface area contributed by atoms with E-state index < -0.39 is 5.97 Å². The number of carboxylic acids is 1. The largest absolute Gasteiger partial charge is 0.478 e. The van der Waals surface area contributed by atoms with Gasteiger partial charge in [-0.05, 0) is 36.1 Å². The molecule has 0 aliphatic carbocycles. The first-order valence-electron chi connectivity index (χ1n) is 6.13. The summed E-state index contributed by atoms with van der Waals surface area (Å²) in [4.78, 5) is 26.8. The molecule has 0 aliphatic rings. The van der Waals surface area contributed by atoms with Crippen LogP contribution in [0.4, 0.5) is 0 Å². The van der Waals surface area contributed by atoms with Gasteiger partial charge in [0.2, 0.25) is 0 Å². The number of nitrogens with zero attached hydrogens (tertiary/aromatic N) is 1. The Morgan fingerprint density at radius 1 is 1.35 bits per heavy atom. The van der Waals surface area contributed by atoms with Crippen molar-refractivity contribution in [2.75, 3.05) is 0 Å². The van der Waals surface area contributed by atoms with Crippen LogP contribution in [0.25, 0.3) is 11.0 Å². The monoisotopic (exact) mass is 288 g/mol. The predicted octanol–water partition coefficient (Wildman–Crippen LogP) is 2.33. The van der Waals surface area contributed by atoms with E-state index in [2.05, 4.69) is 4.98 Å². The summed E-state index contributed by atoms with van der Waals surface area (Å²) in [6.45, 7) is 0.575. The van der Waals surface area contributed by atoms with Gasteiger partial charge in [-0.2, -0.15) is 0 Å². The second-order valence-corrected chi connectivity index (χ2v) is 5.48. The Bertz CT molecular complexity index is 815. The van der Waals surface area contributed by atoms with E-state index in [0.717, 1.165) is 11.9 Å². The number of nitrogens with one attached hydrogen (secondary N) is 1. The summed E-state index contributed by atoms with van der Waals surface area (Å²) < 4.78 is 1.64. The van der Waals surface area contributed by atoms with Gasteiger partial charge in [0, 0.05) is 11.4 Å². The molecule has 0 amide bonds. The molecule has 2 heterocycles. The van der Waals surface area contributed by atoms with Gasteiger partial charge in [0.15, 0.2) is 0 Å². The number of benzene rings is 1. The predicted molar refractivity (Wildman–Crippen MR) is 77.5 cm³/mol. The molecule has 2 N–H and O–H groups in total. The summed E-state index contributed by atoms with van der Waals surface area (Å²) in [6, 6.07) is 8.69. The van der Waals surface area contributed by atoms with E-state index in [4.69, 9.17) is 5.11 Å². The van der Waals surface area contributed by atoms with Gasteiger partial charge in [-0.25, -0.2) is 9.59 Å². The molecule has 1 aromatic carbocycles. The van der Waals surface area contributed by atoms with Crippen LogP contribution in [0.2, 0.25) is 0 Å². The maximum atomic E-state index is 11.9. The van der Waals surface area contributed by atoms with Gasteiger partial charge in [-0.1, -0.05) is 6.07 Å². The van der Waals surface area contributed by atoms with Crippen LogP contribution < -0.4 is 5.69 Å². The van der Waals surface area contributed by atoms with Crippen molar-refractivity contribution in [1.82, 2.24) is 9.55 Å². The highest BCUT2D eigenvalue weighted by Crippen LogP contribution is 2.15. The molecule has 5 nitrogen and oxygen atoms in total. The molecule has 6 heteroatoms. The first-order chi connectivity index (χ1) is 9.65. The van der Waals surface area contributed by atoms with E-state index in [1.807, 2.05) is 17.5 Å². The van der Waals surface area contributed by atoms with Crippen LogP contribution in [-0.2, 0) is 13.0 Å². The standard InChI is InChI=1S/C14H12N2O3S/c17-13(18)9-3-4-12-11(8-9)15-14(19)16(12)6-5-10-2-1-7-20-10/h1-4,7-8H,5-6H2,(H,15,19)(H,17,18). The minimum Gasteiger partial charge on any atom is -0.478 e. The summed E-state index contributed by atoms with van der Waals surface area (Å²) in [5.41, 5.74) is 1.25. The zero-order valence-electron chi connectivity index (χ0n) is 10.5. The van der Waals surface area contributed by atoms with Crippen molar-refractivity contribution in [3.8, 4) is 0 Å². The number of carboxylic acid groups (broad SMARTS) is 1. The topological polar surface area (TPSA) is 75.1 Å². The maximum absolute atomic E-state index is 11.9. The number of fused-ring (bicyclic) bond motifs is 1. The van der Waals surface area contributed by atoms with E-state index in [1.165, 1.54) is 17.0 Å². The van der Waals surface area contributed by atoms with Crippen molar-refractivity contribution in [3.05, 3.63) is 56.6 Å². The van der Waals surface area contributed by atoms with Crippen molar-refractivity contribution in [1.29, 1.82) is 0 Å². The van der Waals surface area contributed by atoms with Gasteiger partial charge in [0.1, 0.15) is 0 Å².